The van der Waals surface area contributed by atoms with Crippen LogP contribution < -0.4 is 0 Å². The van der Waals surface area contributed by atoms with Crippen molar-refractivity contribution in [2.24, 2.45) is 0 Å². The van der Waals surface area contributed by atoms with Gasteiger partial charge in [0.05, 0.1) is 9.79 Å². The van der Waals surface area contributed by atoms with Crippen molar-refractivity contribution >= 4 is 15.8 Å². The van der Waals surface area contributed by atoms with Crippen LogP contribution in [0.15, 0.2) is 58.3 Å². The van der Waals surface area contributed by atoms with Gasteiger partial charge in [-0.2, -0.15) is 0 Å². The number of sulfone groups is 1. The molecule has 1 aliphatic heterocycles. The zero-order valence-electron chi connectivity index (χ0n) is 11.4. The second-order valence-corrected chi connectivity index (χ2v) is 6.82. The number of rotatable bonds is 2. The van der Waals surface area contributed by atoms with Crippen LogP contribution in [0.4, 0.5) is 0 Å². The van der Waals surface area contributed by atoms with Crippen LogP contribution in [0.2, 0.25) is 0 Å². The quantitative estimate of drug-likeness (QED) is 0.800. The molecule has 1 aliphatic rings. The average molecular weight is 302 g/mol. The van der Waals surface area contributed by atoms with Crippen molar-refractivity contribution in [2.45, 2.75) is 22.6 Å². The molecule has 0 saturated heterocycles. The standard InChI is InChI=1S/C16H14O4S/c1-11(17)20-10-14-12-6-2-4-8-15(12)21(18,19)16-9-5-3-7-13(14)16/h2-9,14H,10H2,1H3. The van der Waals surface area contributed by atoms with E-state index in [2.05, 4.69) is 0 Å². The highest BCUT2D eigenvalue weighted by molar-refractivity contribution is 7.91. The maximum Gasteiger partial charge on any atom is 0.302 e. The monoisotopic (exact) mass is 302 g/mol. The summed E-state index contributed by atoms with van der Waals surface area (Å²) in [7, 11) is -3.51. The summed E-state index contributed by atoms with van der Waals surface area (Å²) in [6.07, 6.45) is 0. The number of esters is 1. The molecule has 1 heterocycles. The minimum absolute atomic E-state index is 0.138. The van der Waals surface area contributed by atoms with Crippen molar-refractivity contribution in [3.05, 3.63) is 59.7 Å². The molecule has 108 valence electrons. The molecule has 0 radical (unpaired) electrons. The Labute approximate surface area is 123 Å². The van der Waals surface area contributed by atoms with Crippen molar-refractivity contribution in [1.82, 2.24) is 0 Å². The Balaban J connectivity index is 2.21. The third kappa shape index (κ3) is 2.23. The summed E-state index contributed by atoms with van der Waals surface area (Å²) in [5, 5.41) is 0. The van der Waals surface area contributed by atoms with Gasteiger partial charge >= 0.3 is 5.97 Å². The van der Waals surface area contributed by atoms with E-state index in [0.717, 1.165) is 0 Å². The van der Waals surface area contributed by atoms with Crippen molar-refractivity contribution in [3.63, 3.8) is 0 Å². The predicted octanol–water partition coefficient (Wildman–Crippen LogP) is 2.53. The van der Waals surface area contributed by atoms with Gasteiger partial charge in [0.15, 0.2) is 0 Å². The first kappa shape index (κ1) is 13.8. The molecular weight excluding hydrogens is 288 g/mol. The van der Waals surface area contributed by atoms with Gasteiger partial charge in [-0.1, -0.05) is 36.4 Å². The van der Waals surface area contributed by atoms with Gasteiger partial charge in [-0.25, -0.2) is 8.42 Å². The van der Waals surface area contributed by atoms with E-state index in [4.69, 9.17) is 4.74 Å². The van der Waals surface area contributed by atoms with E-state index in [9.17, 15) is 13.2 Å². The molecule has 0 saturated carbocycles. The third-order valence-corrected chi connectivity index (χ3v) is 5.52. The molecule has 0 amide bonds. The molecule has 0 fully saturated rings. The van der Waals surface area contributed by atoms with Crippen LogP contribution in [0, 0.1) is 0 Å². The lowest BCUT2D eigenvalue weighted by atomic mass is 9.91. The number of carbonyl (C=O) groups excluding carboxylic acids is 1. The molecule has 5 heteroatoms. The highest BCUT2D eigenvalue weighted by Gasteiger charge is 2.35. The second-order valence-electron chi connectivity index (χ2n) is 4.93. The lowest BCUT2D eigenvalue weighted by molar-refractivity contribution is -0.141. The lowest BCUT2D eigenvalue weighted by Crippen LogP contribution is -2.22. The van der Waals surface area contributed by atoms with Crippen LogP contribution >= 0.6 is 0 Å². The van der Waals surface area contributed by atoms with E-state index in [-0.39, 0.29) is 18.5 Å². The minimum atomic E-state index is -3.51. The van der Waals surface area contributed by atoms with E-state index >= 15 is 0 Å². The molecule has 0 aromatic heterocycles. The highest BCUT2D eigenvalue weighted by atomic mass is 32.2. The molecule has 2 aromatic rings. The van der Waals surface area contributed by atoms with E-state index in [1.165, 1.54) is 6.92 Å². The highest BCUT2D eigenvalue weighted by Crippen LogP contribution is 2.41. The summed E-state index contributed by atoms with van der Waals surface area (Å²) in [4.78, 5) is 11.7. The van der Waals surface area contributed by atoms with Gasteiger partial charge < -0.3 is 4.74 Å². The summed E-state index contributed by atoms with van der Waals surface area (Å²) < 4.78 is 30.5. The normalized spacial score (nSPS) is 15.9. The Morgan fingerprint density at radius 1 is 1.00 bits per heavy atom. The average Bonchev–Trinajstić information content (AvgIpc) is 2.47. The molecule has 0 bridgehead atoms. The van der Waals surface area contributed by atoms with Gasteiger partial charge in [0.2, 0.25) is 9.84 Å². The molecule has 0 unspecified atom stereocenters. The van der Waals surface area contributed by atoms with Crippen molar-refractivity contribution < 1.29 is 17.9 Å². The van der Waals surface area contributed by atoms with Crippen LogP contribution in [0.1, 0.15) is 24.0 Å². The fourth-order valence-electron chi connectivity index (χ4n) is 2.69. The Morgan fingerprint density at radius 2 is 1.48 bits per heavy atom. The van der Waals surface area contributed by atoms with Crippen LogP contribution in [0.3, 0.4) is 0 Å². The van der Waals surface area contributed by atoms with Gasteiger partial charge in [-0.05, 0) is 23.3 Å². The SMILES string of the molecule is CC(=O)OCC1c2ccccc2S(=O)(=O)c2ccccc21. The minimum Gasteiger partial charge on any atom is -0.465 e. The van der Waals surface area contributed by atoms with Crippen molar-refractivity contribution in [1.29, 1.82) is 0 Å². The summed E-state index contributed by atoms with van der Waals surface area (Å²) in [6, 6.07) is 13.7. The summed E-state index contributed by atoms with van der Waals surface area (Å²) in [5.74, 6) is -0.636. The molecule has 0 atom stereocenters. The van der Waals surface area contributed by atoms with Gasteiger partial charge in [0.25, 0.3) is 0 Å². The first-order chi connectivity index (χ1) is 10.0. The molecule has 2 aromatic carbocycles. The zero-order valence-corrected chi connectivity index (χ0v) is 12.3. The maximum atomic E-state index is 12.7. The first-order valence-corrected chi connectivity index (χ1v) is 8.06. The number of carbonyl (C=O) groups is 1. The van der Waals surface area contributed by atoms with Crippen LogP contribution in [0.25, 0.3) is 0 Å². The Morgan fingerprint density at radius 3 is 1.95 bits per heavy atom. The fourth-order valence-corrected chi connectivity index (χ4v) is 4.49. The van der Waals surface area contributed by atoms with Crippen molar-refractivity contribution in [3.8, 4) is 0 Å². The van der Waals surface area contributed by atoms with Crippen LogP contribution in [-0.4, -0.2) is 21.0 Å². The predicted molar refractivity (Wildman–Crippen MR) is 76.8 cm³/mol. The molecular formula is C16H14O4S. The van der Waals surface area contributed by atoms with E-state index < -0.39 is 9.84 Å². The number of benzene rings is 2. The van der Waals surface area contributed by atoms with Crippen LogP contribution in [-0.2, 0) is 19.4 Å². The maximum absolute atomic E-state index is 12.7. The molecule has 0 N–H and O–H groups in total. The van der Waals surface area contributed by atoms with Gasteiger partial charge in [0.1, 0.15) is 6.61 Å². The summed E-state index contributed by atoms with van der Waals surface area (Å²) >= 11 is 0. The fraction of sp³-hybridized carbons (Fsp3) is 0.188. The largest absolute Gasteiger partial charge is 0.465 e. The Hall–Kier alpha value is -2.14. The number of hydrogen-bond donors (Lipinski definition) is 0. The van der Waals surface area contributed by atoms with Gasteiger partial charge in [0, 0.05) is 12.8 Å². The van der Waals surface area contributed by atoms with Crippen molar-refractivity contribution in [2.75, 3.05) is 6.61 Å². The number of fused-ring (bicyclic) bond motifs is 2. The third-order valence-electron chi connectivity index (χ3n) is 3.62. The number of hydrogen-bond acceptors (Lipinski definition) is 4. The van der Waals surface area contributed by atoms with Gasteiger partial charge in [-0.15, -0.1) is 0 Å². The van der Waals surface area contributed by atoms with E-state index in [1.807, 2.05) is 0 Å². The summed E-state index contributed by atoms with van der Waals surface area (Å²) in [5.41, 5.74) is 1.36. The van der Waals surface area contributed by atoms with E-state index in [0.29, 0.717) is 20.9 Å². The zero-order chi connectivity index (χ0) is 15.0. The smallest absolute Gasteiger partial charge is 0.302 e. The Kier molecular flexibility index (Phi) is 3.29. The topological polar surface area (TPSA) is 60.4 Å². The van der Waals surface area contributed by atoms with Gasteiger partial charge in [-0.3, -0.25) is 4.79 Å². The van der Waals surface area contributed by atoms with E-state index in [1.54, 1.807) is 48.5 Å². The molecule has 3 rings (SSSR count). The lowest BCUT2D eigenvalue weighted by Gasteiger charge is -2.27. The molecule has 0 aliphatic carbocycles. The van der Waals surface area contributed by atoms with Crippen LogP contribution in [0.5, 0.6) is 0 Å². The Bertz CT molecular complexity index is 755. The molecule has 21 heavy (non-hydrogen) atoms. The molecule has 0 spiro atoms. The second kappa shape index (κ2) is 5.00. The first-order valence-electron chi connectivity index (χ1n) is 6.58. The summed E-state index contributed by atoms with van der Waals surface area (Å²) in [6.45, 7) is 1.48. The molecule has 4 nitrogen and oxygen atoms in total. The number of ether oxygens (including phenoxy) is 1.